The van der Waals surface area contributed by atoms with E-state index >= 15 is 0 Å². The van der Waals surface area contributed by atoms with Crippen molar-refractivity contribution in [3.63, 3.8) is 0 Å². The summed E-state index contributed by atoms with van der Waals surface area (Å²) < 4.78 is 5.64. The van der Waals surface area contributed by atoms with E-state index in [-0.39, 0.29) is 5.60 Å². The fourth-order valence-corrected chi connectivity index (χ4v) is 1.17. The summed E-state index contributed by atoms with van der Waals surface area (Å²) >= 11 is 0. The van der Waals surface area contributed by atoms with E-state index in [1.54, 1.807) is 6.08 Å². The summed E-state index contributed by atoms with van der Waals surface area (Å²) in [7, 11) is 0. The van der Waals surface area contributed by atoms with E-state index in [9.17, 15) is 4.79 Å². The number of hydrogen-bond donors (Lipinski definition) is 1. The molecule has 0 radical (unpaired) electrons. The lowest BCUT2D eigenvalue weighted by Gasteiger charge is -2.21. The van der Waals surface area contributed by atoms with E-state index in [0.717, 1.165) is 17.4 Å². The van der Waals surface area contributed by atoms with Gasteiger partial charge in [-0.1, -0.05) is 12.1 Å². The SMILES string of the molecule is CC(C)(C)Oc1ccc(/C=C/C(=O)O)cc1. The maximum atomic E-state index is 10.3. The molecule has 1 rings (SSSR count). The van der Waals surface area contributed by atoms with Gasteiger partial charge < -0.3 is 9.84 Å². The second-order valence-electron chi connectivity index (χ2n) is 4.46. The Labute approximate surface area is 95.4 Å². The largest absolute Gasteiger partial charge is 0.488 e. The quantitative estimate of drug-likeness (QED) is 0.796. The van der Waals surface area contributed by atoms with Gasteiger partial charge in [-0.25, -0.2) is 4.79 Å². The molecule has 0 spiro atoms. The Bertz CT molecular complexity index is 383. The Balaban J connectivity index is 2.72. The molecule has 0 heterocycles. The molecular weight excluding hydrogens is 204 g/mol. The fraction of sp³-hybridized carbons (Fsp3) is 0.308. The van der Waals surface area contributed by atoms with Gasteiger partial charge in [0.25, 0.3) is 0 Å². The average molecular weight is 220 g/mol. The molecule has 16 heavy (non-hydrogen) atoms. The normalized spacial score (nSPS) is 11.7. The highest BCUT2D eigenvalue weighted by molar-refractivity contribution is 5.85. The summed E-state index contributed by atoms with van der Waals surface area (Å²) in [6, 6.07) is 7.29. The lowest BCUT2D eigenvalue weighted by Crippen LogP contribution is -2.22. The first kappa shape index (κ1) is 12.3. The van der Waals surface area contributed by atoms with E-state index in [1.165, 1.54) is 0 Å². The maximum Gasteiger partial charge on any atom is 0.328 e. The highest BCUT2D eigenvalue weighted by Gasteiger charge is 2.10. The van der Waals surface area contributed by atoms with Crippen molar-refractivity contribution in [2.45, 2.75) is 26.4 Å². The molecule has 0 amide bonds. The van der Waals surface area contributed by atoms with Gasteiger partial charge >= 0.3 is 5.97 Å². The van der Waals surface area contributed by atoms with Crippen LogP contribution in [0.4, 0.5) is 0 Å². The molecule has 0 aliphatic heterocycles. The Hall–Kier alpha value is -1.77. The third kappa shape index (κ3) is 4.64. The molecule has 0 fully saturated rings. The third-order valence-electron chi connectivity index (χ3n) is 1.72. The predicted molar refractivity (Wildman–Crippen MR) is 63.5 cm³/mol. The van der Waals surface area contributed by atoms with Crippen molar-refractivity contribution in [1.29, 1.82) is 0 Å². The molecule has 0 aromatic heterocycles. The van der Waals surface area contributed by atoms with Crippen LogP contribution in [0.5, 0.6) is 5.75 Å². The lowest BCUT2D eigenvalue weighted by molar-refractivity contribution is -0.131. The monoisotopic (exact) mass is 220 g/mol. The highest BCUT2D eigenvalue weighted by atomic mass is 16.5. The molecule has 1 N–H and O–H groups in total. The Morgan fingerprint density at radius 2 is 1.81 bits per heavy atom. The van der Waals surface area contributed by atoms with Gasteiger partial charge in [0.2, 0.25) is 0 Å². The van der Waals surface area contributed by atoms with Gasteiger partial charge in [-0.3, -0.25) is 0 Å². The van der Waals surface area contributed by atoms with Crippen LogP contribution in [-0.4, -0.2) is 16.7 Å². The first-order valence-corrected chi connectivity index (χ1v) is 5.07. The summed E-state index contributed by atoms with van der Waals surface area (Å²) in [6.45, 7) is 5.93. The topological polar surface area (TPSA) is 46.5 Å². The molecule has 3 nitrogen and oxygen atoms in total. The van der Waals surface area contributed by atoms with Crippen molar-refractivity contribution in [2.24, 2.45) is 0 Å². The van der Waals surface area contributed by atoms with Crippen molar-refractivity contribution in [2.75, 3.05) is 0 Å². The minimum atomic E-state index is -0.949. The van der Waals surface area contributed by atoms with Gasteiger partial charge in [0.1, 0.15) is 11.4 Å². The minimum absolute atomic E-state index is 0.224. The van der Waals surface area contributed by atoms with Crippen LogP contribution in [0.2, 0.25) is 0 Å². The van der Waals surface area contributed by atoms with E-state index in [2.05, 4.69) is 0 Å². The van der Waals surface area contributed by atoms with E-state index in [0.29, 0.717) is 0 Å². The van der Waals surface area contributed by atoms with Gasteiger partial charge in [-0.2, -0.15) is 0 Å². The van der Waals surface area contributed by atoms with Crippen molar-refractivity contribution >= 4 is 12.0 Å². The number of ether oxygens (including phenoxy) is 1. The van der Waals surface area contributed by atoms with E-state index < -0.39 is 5.97 Å². The van der Waals surface area contributed by atoms with Gasteiger partial charge in [0.05, 0.1) is 0 Å². The van der Waals surface area contributed by atoms with Gasteiger partial charge in [-0.15, -0.1) is 0 Å². The molecule has 0 atom stereocenters. The maximum absolute atomic E-state index is 10.3. The zero-order valence-electron chi connectivity index (χ0n) is 9.73. The summed E-state index contributed by atoms with van der Waals surface area (Å²) in [6.07, 6.45) is 2.66. The third-order valence-corrected chi connectivity index (χ3v) is 1.72. The lowest BCUT2D eigenvalue weighted by atomic mass is 10.1. The van der Waals surface area contributed by atoms with Crippen LogP contribution < -0.4 is 4.74 Å². The van der Waals surface area contributed by atoms with Crippen LogP contribution in [0, 0.1) is 0 Å². The van der Waals surface area contributed by atoms with Crippen LogP contribution in [0.15, 0.2) is 30.3 Å². The fourth-order valence-electron chi connectivity index (χ4n) is 1.17. The minimum Gasteiger partial charge on any atom is -0.488 e. The molecule has 0 saturated heterocycles. The highest BCUT2D eigenvalue weighted by Crippen LogP contribution is 2.18. The van der Waals surface area contributed by atoms with E-state index in [4.69, 9.17) is 9.84 Å². The van der Waals surface area contributed by atoms with Gasteiger partial charge in [0, 0.05) is 6.08 Å². The van der Waals surface area contributed by atoms with Crippen LogP contribution in [0.25, 0.3) is 6.08 Å². The van der Waals surface area contributed by atoms with Crippen LogP contribution >= 0.6 is 0 Å². The molecule has 1 aromatic rings. The number of benzene rings is 1. The first-order chi connectivity index (χ1) is 7.37. The summed E-state index contributed by atoms with van der Waals surface area (Å²) in [5, 5.41) is 8.47. The zero-order valence-corrected chi connectivity index (χ0v) is 9.73. The van der Waals surface area contributed by atoms with Crippen LogP contribution in [0.3, 0.4) is 0 Å². The van der Waals surface area contributed by atoms with Crippen molar-refractivity contribution < 1.29 is 14.6 Å². The first-order valence-electron chi connectivity index (χ1n) is 5.07. The van der Waals surface area contributed by atoms with Crippen molar-refractivity contribution in [1.82, 2.24) is 0 Å². The molecular formula is C13H16O3. The second-order valence-corrected chi connectivity index (χ2v) is 4.46. The average Bonchev–Trinajstić information content (AvgIpc) is 2.14. The van der Waals surface area contributed by atoms with Crippen LogP contribution in [0.1, 0.15) is 26.3 Å². The number of rotatable bonds is 3. The summed E-state index contributed by atoms with van der Waals surface area (Å²) in [5.74, 6) is -0.171. The molecule has 0 bridgehead atoms. The smallest absolute Gasteiger partial charge is 0.328 e. The molecule has 1 aromatic carbocycles. The summed E-state index contributed by atoms with van der Waals surface area (Å²) in [4.78, 5) is 10.3. The molecule has 0 aliphatic rings. The van der Waals surface area contributed by atoms with Crippen LogP contribution in [-0.2, 0) is 4.79 Å². The molecule has 0 aliphatic carbocycles. The number of carboxylic acids is 1. The number of carbonyl (C=O) groups is 1. The van der Waals surface area contributed by atoms with E-state index in [1.807, 2.05) is 45.0 Å². The molecule has 3 heteroatoms. The van der Waals surface area contributed by atoms with Gasteiger partial charge in [-0.05, 0) is 44.5 Å². The number of hydrogen-bond acceptors (Lipinski definition) is 2. The Kier molecular flexibility index (Phi) is 3.72. The number of carboxylic acid groups (broad SMARTS) is 1. The molecule has 0 saturated carbocycles. The molecule has 86 valence electrons. The van der Waals surface area contributed by atoms with Crippen molar-refractivity contribution in [3.8, 4) is 5.75 Å². The summed E-state index contributed by atoms with van der Waals surface area (Å²) in [5.41, 5.74) is 0.613. The zero-order chi connectivity index (χ0) is 12.2. The predicted octanol–water partition coefficient (Wildman–Crippen LogP) is 2.96. The van der Waals surface area contributed by atoms with Crippen molar-refractivity contribution in [3.05, 3.63) is 35.9 Å². The second kappa shape index (κ2) is 4.84. The Morgan fingerprint density at radius 1 is 1.25 bits per heavy atom. The molecule has 0 unspecified atom stereocenters. The Morgan fingerprint density at radius 3 is 2.25 bits per heavy atom. The van der Waals surface area contributed by atoms with Gasteiger partial charge in [0.15, 0.2) is 0 Å². The number of aliphatic carboxylic acids is 1. The standard InChI is InChI=1S/C13H16O3/c1-13(2,3)16-11-7-4-10(5-8-11)6-9-12(14)15/h4-9H,1-3H3,(H,14,15)/b9-6+.